The monoisotopic (exact) mass is 319 g/mol. The molecule has 0 bridgehead atoms. The number of nitriles is 1. The Kier molecular flexibility index (Phi) is 3.97. The number of aromatic nitrogens is 2. The minimum Gasteiger partial charge on any atom is -0.462 e. The third-order valence-corrected chi connectivity index (χ3v) is 2.92. The van der Waals surface area contributed by atoms with Gasteiger partial charge in [0.25, 0.3) is 0 Å². The summed E-state index contributed by atoms with van der Waals surface area (Å²) in [6.07, 6.45) is 1.34. The molecule has 1 heterocycles. The number of carbonyl (C=O) groups excluding carboxylic acids is 1. The first kappa shape index (κ1) is 13.3. The Bertz CT molecular complexity index is 658. The number of benzene rings is 1. The maximum absolute atomic E-state index is 11.7. The standard InChI is InChI=1S/C13H10BrN3O2/c1-2-19-13(18)11-8-16-17(12(11)7-15)10-5-3-4-9(14)6-10/h3-6,8H,2H2,1H3. The Labute approximate surface area is 118 Å². The molecule has 6 heteroatoms. The van der Waals surface area contributed by atoms with Gasteiger partial charge in [0.05, 0.1) is 18.5 Å². The molecule has 0 aliphatic carbocycles. The Morgan fingerprint density at radius 2 is 2.37 bits per heavy atom. The van der Waals surface area contributed by atoms with Crippen molar-refractivity contribution in [3.05, 3.63) is 46.2 Å². The Balaban J connectivity index is 2.49. The normalized spacial score (nSPS) is 9.95. The quantitative estimate of drug-likeness (QED) is 0.816. The zero-order chi connectivity index (χ0) is 13.8. The highest BCUT2D eigenvalue weighted by atomic mass is 79.9. The molecule has 0 aliphatic rings. The zero-order valence-electron chi connectivity index (χ0n) is 10.1. The first-order valence-corrected chi connectivity index (χ1v) is 6.38. The maximum Gasteiger partial charge on any atom is 0.342 e. The van der Waals surface area contributed by atoms with E-state index >= 15 is 0 Å². The van der Waals surface area contributed by atoms with Crippen LogP contribution in [0.2, 0.25) is 0 Å². The van der Waals surface area contributed by atoms with Crippen molar-refractivity contribution in [2.75, 3.05) is 6.61 Å². The first-order chi connectivity index (χ1) is 9.17. The molecule has 96 valence electrons. The number of nitrogens with zero attached hydrogens (tertiary/aromatic N) is 3. The number of hydrogen-bond donors (Lipinski definition) is 0. The largest absolute Gasteiger partial charge is 0.462 e. The van der Waals surface area contributed by atoms with Crippen LogP contribution in [0, 0.1) is 11.3 Å². The van der Waals surface area contributed by atoms with Crippen LogP contribution in [0.1, 0.15) is 23.0 Å². The van der Waals surface area contributed by atoms with Crippen LogP contribution in [0.4, 0.5) is 0 Å². The zero-order valence-corrected chi connectivity index (χ0v) is 11.7. The topological polar surface area (TPSA) is 67.9 Å². The van der Waals surface area contributed by atoms with Crippen molar-refractivity contribution in [2.24, 2.45) is 0 Å². The molecule has 0 unspecified atom stereocenters. The summed E-state index contributed by atoms with van der Waals surface area (Å²) in [6.45, 7) is 1.97. The summed E-state index contributed by atoms with van der Waals surface area (Å²) in [7, 11) is 0. The third-order valence-electron chi connectivity index (χ3n) is 2.42. The van der Waals surface area contributed by atoms with Crippen LogP contribution in [0.15, 0.2) is 34.9 Å². The van der Waals surface area contributed by atoms with Crippen molar-refractivity contribution in [1.29, 1.82) is 5.26 Å². The second-order valence-electron chi connectivity index (χ2n) is 3.63. The van der Waals surface area contributed by atoms with Crippen LogP contribution in [0.25, 0.3) is 5.69 Å². The van der Waals surface area contributed by atoms with Gasteiger partial charge < -0.3 is 4.74 Å². The Hall–Kier alpha value is -2.13. The molecule has 0 N–H and O–H groups in total. The van der Waals surface area contributed by atoms with E-state index < -0.39 is 5.97 Å². The molecule has 0 atom stereocenters. The molecule has 19 heavy (non-hydrogen) atoms. The number of hydrogen-bond acceptors (Lipinski definition) is 4. The van der Waals surface area contributed by atoms with E-state index in [1.807, 2.05) is 24.3 Å². The average molecular weight is 320 g/mol. The molecule has 0 fully saturated rings. The van der Waals surface area contributed by atoms with Gasteiger partial charge in [-0.15, -0.1) is 0 Å². The lowest BCUT2D eigenvalue weighted by Gasteiger charge is -2.04. The van der Waals surface area contributed by atoms with Gasteiger partial charge in [0.1, 0.15) is 11.6 Å². The van der Waals surface area contributed by atoms with Crippen LogP contribution < -0.4 is 0 Å². The van der Waals surface area contributed by atoms with E-state index in [2.05, 4.69) is 21.0 Å². The molecule has 0 aliphatic heterocycles. The minimum atomic E-state index is -0.541. The predicted octanol–water partition coefficient (Wildman–Crippen LogP) is 2.68. The van der Waals surface area contributed by atoms with Gasteiger partial charge in [0, 0.05) is 4.47 Å². The molecule has 2 rings (SSSR count). The SMILES string of the molecule is CCOC(=O)c1cnn(-c2cccc(Br)c2)c1C#N. The van der Waals surface area contributed by atoms with E-state index in [9.17, 15) is 10.1 Å². The lowest BCUT2D eigenvalue weighted by Crippen LogP contribution is -2.07. The van der Waals surface area contributed by atoms with E-state index in [1.54, 1.807) is 13.0 Å². The molecule has 0 saturated carbocycles. The summed E-state index contributed by atoms with van der Waals surface area (Å²) in [4.78, 5) is 11.7. The summed E-state index contributed by atoms with van der Waals surface area (Å²) in [5, 5.41) is 13.3. The highest BCUT2D eigenvalue weighted by Gasteiger charge is 2.19. The summed E-state index contributed by atoms with van der Waals surface area (Å²) in [5.74, 6) is -0.541. The molecule has 2 aromatic rings. The molecule has 5 nitrogen and oxygen atoms in total. The molecule has 0 spiro atoms. The predicted molar refractivity (Wildman–Crippen MR) is 71.9 cm³/mol. The highest BCUT2D eigenvalue weighted by molar-refractivity contribution is 9.10. The molecule has 0 saturated heterocycles. The lowest BCUT2D eigenvalue weighted by molar-refractivity contribution is 0.0526. The third kappa shape index (κ3) is 2.66. The molecule has 0 amide bonds. The van der Waals surface area contributed by atoms with Crippen LogP contribution in [-0.2, 0) is 4.74 Å². The van der Waals surface area contributed by atoms with E-state index in [-0.39, 0.29) is 17.9 Å². The maximum atomic E-state index is 11.7. The number of rotatable bonds is 3. The second-order valence-corrected chi connectivity index (χ2v) is 4.55. The molecule has 1 aromatic carbocycles. The van der Waals surface area contributed by atoms with Crippen molar-refractivity contribution in [3.63, 3.8) is 0 Å². The lowest BCUT2D eigenvalue weighted by atomic mass is 10.2. The Morgan fingerprint density at radius 3 is 3.00 bits per heavy atom. The van der Waals surface area contributed by atoms with E-state index in [0.717, 1.165) is 4.47 Å². The van der Waals surface area contributed by atoms with Gasteiger partial charge in [-0.1, -0.05) is 22.0 Å². The summed E-state index contributed by atoms with van der Waals surface area (Å²) >= 11 is 3.35. The average Bonchev–Trinajstić information content (AvgIpc) is 2.82. The second kappa shape index (κ2) is 5.67. The highest BCUT2D eigenvalue weighted by Crippen LogP contribution is 2.18. The van der Waals surface area contributed by atoms with Gasteiger partial charge in [-0.05, 0) is 25.1 Å². The fourth-order valence-corrected chi connectivity index (χ4v) is 2.01. The van der Waals surface area contributed by atoms with E-state index in [1.165, 1.54) is 10.9 Å². The summed E-state index contributed by atoms with van der Waals surface area (Å²) < 4.78 is 7.17. The number of ether oxygens (including phenoxy) is 1. The van der Waals surface area contributed by atoms with Gasteiger partial charge in [-0.2, -0.15) is 10.4 Å². The smallest absolute Gasteiger partial charge is 0.342 e. The number of esters is 1. The molecular weight excluding hydrogens is 310 g/mol. The molecule has 1 aromatic heterocycles. The fraction of sp³-hybridized carbons (Fsp3) is 0.154. The van der Waals surface area contributed by atoms with Gasteiger partial charge in [0.15, 0.2) is 5.69 Å². The number of halogens is 1. The van der Waals surface area contributed by atoms with E-state index in [4.69, 9.17) is 4.74 Å². The molecule has 0 radical (unpaired) electrons. The van der Waals surface area contributed by atoms with E-state index in [0.29, 0.717) is 5.69 Å². The van der Waals surface area contributed by atoms with Crippen LogP contribution in [0.5, 0.6) is 0 Å². The van der Waals surface area contributed by atoms with Crippen LogP contribution >= 0.6 is 15.9 Å². The van der Waals surface area contributed by atoms with Gasteiger partial charge in [-0.25, -0.2) is 9.48 Å². The van der Waals surface area contributed by atoms with Crippen molar-refractivity contribution >= 4 is 21.9 Å². The summed E-state index contributed by atoms with van der Waals surface area (Å²) in [5.41, 5.74) is 1.03. The van der Waals surface area contributed by atoms with Gasteiger partial charge in [0.2, 0.25) is 0 Å². The van der Waals surface area contributed by atoms with Crippen molar-refractivity contribution < 1.29 is 9.53 Å². The summed E-state index contributed by atoms with van der Waals surface area (Å²) in [6, 6.07) is 9.29. The minimum absolute atomic E-state index is 0.163. The first-order valence-electron chi connectivity index (χ1n) is 5.58. The van der Waals surface area contributed by atoms with Gasteiger partial charge >= 0.3 is 5.97 Å². The van der Waals surface area contributed by atoms with Crippen molar-refractivity contribution in [3.8, 4) is 11.8 Å². The number of carbonyl (C=O) groups is 1. The fourth-order valence-electron chi connectivity index (χ4n) is 1.62. The van der Waals surface area contributed by atoms with Crippen LogP contribution in [-0.4, -0.2) is 22.4 Å². The van der Waals surface area contributed by atoms with Crippen LogP contribution in [0.3, 0.4) is 0 Å². The van der Waals surface area contributed by atoms with Crippen molar-refractivity contribution in [2.45, 2.75) is 6.92 Å². The molecular formula is C13H10BrN3O2. The van der Waals surface area contributed by atoms with Crippen molar-refractivity contribution in [1.82, 2.24) is 9.78 Å². The Morgan fingerprint density at radius 1 is 1.58 bits per heavy atom. The van der Waals surface area contributed by atoms with Gasteiger partial charge in [-0.3, -0.25) is 0 Å².